The Bertz CT molecular complexity index is 1080. The van der Waals surface area contributed by atoms with E-state index in [9.17, 15) is 9.59 Å². The van der Waals surface area contributed by atoms with Gasteiger partial charge >= 0.3 is 0 Å². The molecule has 1 aliphatic heterocycles. The Labute approximate surface area is 212 Å². The Morgan fingerprint density at radius 2 is 1.88 bits per heavy atom. The third-order valence-corrected chi connectivity index (χ3v) is 6.78. The van der Waals surface area contributed by atoms with E-state index in [1.807, 2.05) is 26.0 Å². The number of aryl methyl sites for hydroxylation is 1. The summed E-state index contributed by atoms with van der Waals surface area (Å²) in [7, 11) is 1.57. The lowest BCUT2D eigenvalue weighted by atomic mass is 10.0. The maximum Gasteiger partial charge on any atom is 0.293 e. The third kappa shape index (κ3) is 6.03. The quantitative estimate of drug-likeness (QED) is 0.258. The van der Waals surface area contributed by atoms with Crippen LogP contribution >= 0.6 is 34.4 Å². The fraction of sp³-hybridized carbons (Fsp3) is 0.360. The SMILES string of the molecule is CCOc1c(I)cc(/C=C2\SC(=O)N(CCOc3cc(C)ccc3C(C)C)C2=O)cc1OC. The first-order valence-corrected chi connectivity index (χ1v) is 12.6. The molecule has 8 heteroatoms. The van der Waals surface area contributed by atoms with Gasteiger partial charge in [-0.1, -0.05) is 26.0 Å². The number of methoxy groups -OCH3 is 1. The Morgan fingerprint density at radius 3 is 2.55 bits per heavy atom. The second kappa shape index (κ2) is 11.3. The maximum atomic E-state index is 12.9. The summed E-state index contributed by atoms with van der Waals surface area (Å²) >= 11 is 3.11. The van der Waals surface area contributed by atoms with E-state index in [-0.39, 0.29) is 24.3 Å². The van der Waals surface area contributed by atoms with Crippen LogP contribution in [0.3, 0.4) is 0 Å². The number of amides is 2. The lowest BCUT2D eigenvalue weighted by Gasteiger charge is -2.17. The number of imide groups is 1. The summed E-state index contributed by atoms with van der Waals surface area (Å²) in [4.78, 5) is 27.0. The minimum absolute atomic E-state index is 0.192. The van der Waals surface area contributed by atoms with Gasteiger partial charge in [0, 0.05) is 0 Å². The van der Waals surface area contributed by atoms with Gasteiger partial charge in [-0.15, -0.1) is 0 Å². The molecular weight excluding hydrogens is 553 g/mol. The van der Waals surface area contributed by atoms with Crippen molar-refractivity contribution < 1.29 is 23.8 Å². The largest absolute Gasteiger partial charge is 0.493 e. The first kappa shape index (κ1) is 25.4. The molecule has 0 saturated carbocycles. The van der Waals surface area contributed by atoms with Crippen LogP contribution in [0.5, 0.6) is 17.2 Å². The monoisotopic (exact) mass is 581 g/mol. The van der Waals surface area contributed by atoms with Crippen LogP contribution in [0.25, 0.3) is 6.08 Å². The van der Waals surface area contributed by atoms with Crippen molar-refractivity contribution in [3.05, 3.63) is 55.5 Å². The number of hydrogen-bond donors (Lipinski definition) is 0. The molecule has 2 aromatic rings. The van der Waals surface area contributed by atoms with Gasteiger partial charge in [0.05, 0.1) is 28.7 Å². The number of nitrogens with zero attached hydrogens (tertiary/aromatic N) is 1. The molecule has 0 atom stereocenters. The zero-order chi connectivity index (χ0) is 24.1. The molecule has 0 aliphatic carbocycles. The van der Waals surface area contributed by atoms with Crippen molar-refractivity contribution >= 4 is 51.6 Å². The molecule has 0 bridgehead atoms. The van der Waals surface area contributed by atoms with Crippen LogP contribution in [0, 0.1) is 10.5 Å². The molecular formula is C25H28INO5S. The lowest BCUT2D eigenvalue weighted by Crippen LogP contribution is -2.32. The van der Waals surface area contributed by atoms with Gasteiger partial charge in [-0.3, -0.25) is 14.5 Å². The van der Waals surface area contributed by atoms with Crippen LogP contribution in [0.4, 0.5) is 4.79 Å². The normalized spacial score (nSPS) is 15.0. The van der Waals surface area contributed by atoms with Gasteiger partial charge in [0.25, 0.3) is 11.1 Å². The second-order valence-corrected chi connectivity index (χ2v) is 10.0. The molecule has 0 unspecified atom stereocenters. The molecule has 0 radical (unpaired) electrons. The van der Waals surface area contributed by atoms with Crippen molar-refractivity contribution in [3.63, 3.8) is 0 Å². The van der Waals surface area contributed by atoms with Crippen LogP contribution in [-0.4, -0.2) is 42.9 Å². The van der Waals surface area contributed by atoms with Gasteiger partial charge in [-0.25, -0.2) is 0 Å². The number of rotatable bonds is 9. The highest BCUT2D eigenvalue weighted by Crippen LogP contribution is 2.37. The second-order valence-electron chi connectivity index (χ2n) is 7.84. The number of carbonyl (C=O) groups is 2. The summed E-state index contributed by atoms with van der Waals surface area (Å²) < 4.78 is 17.9. The highest BCUT2D eigenvalue weighted by atomic mass is 127. The van der Waals surface area contributed by atoms with Crippen molar-refractivity contribution in [1.82, 2.24) is 4.90 Å². The molecule has 176 valence electrons. The first-order chi connectivity index (χ1) is 15.7. The van der Waals surface area contributed by atoms with Crippen molar-refractivity contribution in [1.29, 1.82) is 0 Å². The fourth-order valence-electron chi connectivity index (χ4n) is 3.44. The molecule has 1 aliphatic rings. The Balaban J connectivity index is 1.72. The minimum atomic E-state index is -0.315. The predicted octanol–water partition coefficient (Wildman–Crippen LogP) is 6.25. The number of thioether (sulfide) groups is 1. The topological polar surface area (TPSA) is 65.1 Å². The van der Waals surface area contributed by atoms with Crippen molar-refractivity contribution in [3.8, 4) is 17.2 Å². The Kier molecular flexibility index (Phi) is 8.69. The summed E-state index contributed by atoms with van der Waals surface area (Å²) in [6, 6.07) is 9.81. The number of hydrogen-bond acceptors (Lipinski definition) is 6. The zero-order valence-corrected chi connectivity index (χ0v) is 22.4. The average molecular weight is 581 g/mol. The summed E-state index contributed by atoms with van der Waals surface area (Å²) in [6.45, 7) is 9.08. The smallest absolute Gasteiger partial charge is 0.293 e. The highest BCUT2D eigenvalue weighted by Gasteiger charge is 2.35. The fourth-order valence-corrected chi connectivity index (χ4v) is 5.09. The van der Waals surface area contributed by atoms with Gasteiger partial charge in [-0.2, -0.15) is 0 Å². The van der Waals surface area contributed by atoms with Crippen LogP contribution in [-0.2, 0) is 4.79 Å². The standard InChI is InChI=1S/C25H28INO5S/c1-6-31-23-19(26)12-17(13-21(23)30-5)14-22-24(28)27(25(29)33-22)9-10-32-20-11-16(4)7-8-18(20)15(2)3/h7-8,11-15H,6,9-10H2,1-5H3/b22-14-. The molecule has 1 saturated heterocycles. The highest BCUT2D eigenvalue weighted by molar-refractivity contribution is 14.1. The van der Waals surface area contributed by atoms with E-state index < -0.39 is 0 Å². The summed E-state index contributed by atoms with van der Waals surface area (Å²) in [5, 5.41) is -0.296. The third-order valence-electron chi connectivity index (χ3n) is 5.08. The maximum absolute atomic E-state index is 12.9. The molecule has 0 spiro atoms. The Hall–Kier alpha value is -2.20. The van der Waals surface area contributed by atoms with Crippen LogP contribution in [0.15, 0.2) is 35.2 Å². The van der Waals surface area contributed by atoms with Crippen molar-refractivity contribution in [2.24, 2.45) is 0 Å². The number of halogens is 1. The first-order valence-electron chi connectivity index (χ1n) is 10.7. The zero-order valence-electron chi connectivity index (χ0n) is 19.4. The van der Waals surface area contributed by atoms with Crippen LogP contribution < -0.4 is 14.2 Å². The van der Waals surface area contributed by atoms with Gasteiger partial charge < -0.3 is 14.2 Å². The average Bonchev–Trinajstić information content (AvgIpc) is 3.02. The van der Waals surface area contributed by atoms with E-state index in [0.29, 0.717) is 28.9 Å². The van der Waals surface area contributed by atoms with E-state index in [4.69, 9.17) is 14.2 Å². The summed E-state index contributed by atoms with van der Waals surface area (Å²) in [5.41, 5.74) is 2.97. The van der Waals surface area contributed by atoms with Gasteiger partial charge in [0.2, 0.25) is 0 Å². The molecule has 0 N–H and O–H groups in total. The molecule has 1 fully saturated rings. The molecule has 3 rings (SSSR count). The van der Waals surface area contributed by atoms with Crippen molar-refractivity contribution in [2.45, 2.75) is 33.6 Å². The molecule has 2 aromatic carbocycles. The summed E-state index contributed by atoms with van der Waals surface area (Å²) in [5.74, 6) is 2.05. The summed E-state index contributed by atoms with van der Waals surface area (Å²) in [6.07, 6.45) is 1.71. The molecule has 0 aromatic heterocycles. The predicted molar refractivity (Wildman–Crippen MR) is 140 cm³/mol. The minimum Gasteiger partial charge on any atom is -0.493 e. The van der Waals surface area contributed by atoms with E-state index in [2.05, 4.69) is 48.6 Å². The van der Waals surface area contributed by atoms with Gasteiger partial charge in [0.15, 0.2) is 11.5 Å². The number of ether oxygens (including phenoxy) is 3. The van der Waals surface area contributed by atoms with E-state index in [1.165, 1.54) is 4.90 Å². The van der Waals surface area contributed by atoms with Crippen molar-refractivity contribution in [2.75, 3.05) is 26.9 Å². The van der Waals surface area contributed by atoms with Crippen LogP contribution in [0.1, 0.15) is 43.4 Å². The van der Waals surface area contributed by atoms with Crippen LogP contribution in [0.2, 0.25) is 0 Å². The van der Waals surface area contributed by atoms with Gasteiger partial charge in [-0.05, 0) is 95.1 Å². The van der Waals surface area contributed by atoms with E-state index in [0.717, 1.165) is 37.8 Å². The van der Waals surface area contributed by atoms with E-state index in [1.54, 1.807) is 19.3 Å². The molecule has 33 heavy (non-hydrogen) atoms. The molecule has 6 nitrogen and oxygen atoms in total. The molecule has 1 heterocycles. The lowest BCUT2D eigenvalue weighted by molar-refractivity contribution is -0.123. The number of benzene rings is 2. The Morgan fingerprint density at radius 1 is 1.12 bits per heavy atom. The molecule has 2 amide bonds. The van der Waals surface area contributed by atoms with Gasteiger partial charge in [0.1, 0.15) is 12.4 Å². The number of carbonyl (C=O) groups excluding carboxylic acids is 2. The van der Waals surface area contributed by atoms with E-state index >= 15 is 0 Å².